The van der Waals surface area contributed by atoms with E-state index in [4.69, 9.17) is 27.9 Å². The minimum absolute atomic E-state index is 0.0312. The van der Waals surface area contributed by atoms with Gasteiger partial charge in [-0.15, -0.1) is 23.2 Å². The molecule has 2 atom stereocenters. The molecule has 0 unspecified atom stereocenters. The largest absolute Gasteiger partial charge is 0.465 e. The van der Waals surface area contributed by atoms with E-state index in [1.54, 1.807) is 0 Å². The van der Waals surface area contributed by atoms with Crippen LogP contribution in [0.4, 0.5) is 0 Å². The lowest BCUT2D eigenvalue weighted by Crippen LogP contribution is -2.13. The molecule has 0 N–H and O–H groups in total. The summed E-state index contributed by atoms with van der Waals surface area (Å²) in [5.41, 5.74) is 0. The zero-order valence-corrected chi connectivity index (χ0v) is 9.85. The number of hydrogen-bond donors (Lipinski definition) is 0. The quantitative estimate of drug-likeness (QED) is 0.404. The van der Waals surface area contributed by atoms with Gasteiger partial charge in [0.05, 0.1) is 12.5 Å². The number of carbonyl (C=O) groups excluding carboxylic acids is 1. The third-order valence-corrected chi connectivity index (χ3v) is 3.31. The molecule has 1 saturated carbocycles. The molecule has 1 fully saturated rings. The Morgan fingerprint density at radius 3 is 2.64 bits per heavy atom. The molecule has 0 radical (unpaired) electrons. The second-order valence-electron chi connectivity index (χ2n) is 3.78. The Kier molecular flexibility index (Phi) is 5.04. The molecule has 1 rings (SSSR count). The molecule has 0 aromatic heterocycles. The lowest BCUT2D eigenvalue weighted by atomic mass is 10.2. The zero-order valence-electron chi connectivity index (χ0n) is 8.34. The Bertz CT molecular complexity index is 191. The van der Waals surface area contributed by atoms with Gasteiger partial charge in [0, 0.05) is 10.8 Å². The van der Waals surface area contributed by atoms with E-state index in [2.05, 4.69) is 0 Å². The van der Waals surface area contributed by atoms with Crippen molar-refractivity contribution < 1.29 is 9.53 Å². The maximum Gasteiger partial charge on any atom is 0.308 e. The minimum atomic E-state index is -0.0463. The lowest BCUT2D eigenvalue weighted by Gasteiger charge is -2.11. The summed E-state index contributed by atoms with van der Waals surface area (Å²) in [6.45, 7) is 2.34. The Hall–Kier alpha value is 0.0500. The van der Waals surface area contributed by atoms with Crippen LogP contribution in [0.25, 0.3) is 0 Å². The van der Waals surface area contributed by atoms with Gasteiger partial charge >= 0.3 is 5.97 Å². The summed E-state index contributed by atoms with van der Waals surface area (Å²) in [7, 11) is 0. The maximum absolute atomic E-state index is 11.1. The van der Waals surface area contributed by atoms with Crippen LogP contribution in [0, 0.1) is 5.92 Å². The van der Waals surface area contributed by atoms with E-state index in [0.717, 1.165) is 25.7 Å². The van der Waals surface area contributed by atoms with Crippen LogP contribution in [0.5, 0.6) is 0 Å². The highest BCUT2D eigenvalue weighted by atomic mass is 35.5. The molecule has 0 aromatic carbocycles. The van der Waals surface area contributed by atoms with Crippen molar-refractivity contribution in [1.29, 1.82) is 0 Å². The fraction of sp³-hybridized carbons (Fsp3) is 0.900. The van der Waals surface area contributed by atoms with Crippen LogP contribution in [0.2, 0.25) is 0 Å². The normalized spacial score (nSPS) is 20.2. The van der Waals surface area contributed by atoms with Crippen molar-refractivity contribution in [2.45, 2.75) is 43.4 Å². The second kappa shape index (κ2) is 5.82. The molecular formula is C10H16Cl2O2. The monoisotopic (exact) mass is 238 g/mol. The summed E-state index contributed by atoms with van der Waals surface area (Å²) >= 11 is 11.7. The van der Waals surface area contributed by atoms with Gasteiger partial charge < -0.3 is 4.74 Å². The number of rotatable bonds is 6. The molecule has 0 bridgehead atoms. The van der Waals surface area contributed by atoms with E-state index in [1.807, 2.05) is 6.92 Å². The van der Waals surface area contributed by atoms with Gasteiger partial charge in [0.1, 0.15) is 0 Å². The average Bonchev–Trinajstić information content (AvgIpc) is 2.94. The molecule has 82 valence electrons. The molecule has 0 spiro atoms. The lowest BCUT2D eigenvalue weighted by molar-refractivity contribution is -0.145. The van der Waals surface area contributed by atoms with Crippen molar-refractivity contribution in [3.63, 3.8) is 0 Å². The van der Waals surface area contributed by atoms with Crippen LogP contribution in [0.3, 0.4) is 0 Å². The third kappa shape index (κ3) is 4.52. The first kappa shape index (κ1) is 12.1. The highest BCUT2D eigenvalue weighted by Crippen LogP contribution is 2.30. The predicted molar refractivity (Wildman–Crippen MR) is 57.9 cm³/mol. The first-order valence-corrected chi connectivity index (χ1v) is 5.93. The fourth-order valence-electron chi connectivity index (χ4n) is 1.12. The van der Waals surface area contributed by atoms with E-state index in [-0.39, 0.29) is 22.6 Å². The molecule has 2 nitrogen and oxygen atoms in total. The van der Waals surface area contributed by atoms with E-state index in [0.29, 0.717) is 6.61 Å². The molecular weight excluding hydrogens is 223 g/mol. The number of hydrogen-bond acceptors (Lipinski definition) is 2. The summed E-state index contributed by atoms with van der Waals surface area (Å²) in [4.78, 5) is 11.1. The van der Waals surface area contributed by atoms with Gasteiger partial charge in [0.25, 0.3) is 0 Å². The summed E-state index contributed by atoms with van der Waals surface area (Å²) < 4.78 is 5.06. The SMILES string of the molecule is C[C@@H](Cl)[C@H](Cl)CCCOC(=O)C1CC1. The van der Waals surface area contributed by atoms with Crippen molar-refractivity contribution in [2.75, 3.05) is 6.61 Å². The van der Waals surface area contributed by atoms with Gasteiger partial charge in [-0.1, -0.05) is 0 Å². The first-order valence-electron chi connectivity index (χ1n) is 5.06. The Morgan fingerprint density at radius 2 is 2.14 bits per heavy atom. The standard InChI is InChI=1S/C10H16Cl2O2/c1-7(11)9(12)3-2-6-14-10(13)8-4-5-8/h7-9H,2-6H2,1H3/t7-,9-/m1/s1. The van der Waals surface area contributed by atoms with Crippen LogP contribution in [0.1, 0.15) is 32.6 Å². The predicted octanol–water partition coefficient (Wildman–Crippen LogP) is 2.95. The van der Waals surface area contributed by atoms with E-state index >= 15 is 0 Å². The van der Waals surface area contributed by atoms with Crippen molar-refractivity contribution in [3.8, 4) is 0 Å². The molecule has 14 heavy (non-hydrogen) atoms. The molecule has 1 aliphatic carbocycles. The average molecular weight is 239 g/mol. The van der Waals surface area contributed by atoms with Crippen LogP contribution < -0.4 is 0 Å². The molecule has 1 aliphatic rings. The summed E-state index contributed by atoms with van der Waals surface area (Å²) in [6, 6.07) is 0. The summed E-state index contributed by atoms with van der Waals surface area (Å²) in [5, 5.41) is -0.0629. The van der Waals surface area contributed by atoms with Crippen molar-refractivity contribution >= 4 is 29.2 Å². The van der Waals surface area contributed by atoms with Crippen LogP contribution in [0.15, 0.2) is 0 Å². The van der Waals surface area contributed by atoms with Gasteiger partial charge in [0.2, 0.25) is 0 Å². The summed E-state index contributed by atoms with van der Waals surface area (Å²) in [6.07, 6.45) is 3.58. The number of halogens is 2. The highest BCUT2D eigenvalue weighted by Gasteiger charge is 2.30. The van der Waals surface area contributed by atoms with Gasteiger partial charge in [-0.05, 0) is 32.6 Å². The molecule has 0 aliphatic heterocycles. The topological polar surface area (TPSA) is 26.3 Å². The number of carbonyl (C=O) groups is 1. The number of ether oxygens (including phenoxy) is 1. The van der Waals surface area contributed by atoms with E-state index < -0.39 is 0 Å². The van der Waals surface area contributed by atoms with Crippen LogP contribution >= 0.6 is 23.2 Å². The molecule has 0 saturated heterocycles. The Labute approximate surface area is 94.9 Å². The van der Waals surface area contributed by atoms with Crippen LogP contribution in [-0.4, -0.2) is 23.3 Å². The van der Waals surface area contributed by atoms with Crippen LogP contribution in [-0.2, 0) is 9.53 Å². The number of alkyl halides is 2. The molecule has 0 aromatic rings. The van der Waals surface area contributed by atoms with Crippen molar-refractivity contribution in [1.82, 2.24) is 0 Å². The molecule has 4 heteroatoms. The first-order chi connectivity index (χ1) is 6.61. The van der Waals surface area contributed by atoms with Crippen molar-refractivity contribution in [3.05, 3.63) is 0 Å². The van der Waals surface area contributed by atoms with Gasteiger partial charge in [-0.25, -0.2) is 0 Å². The second-order valence-corrected chi connectivity index (χ2v) is 5.03. The molecule has 0 amide bonds. The third-order valence-electron chi connectivity index (χ3n) is 2.28. The van der Waals surface area contributed by atoms with E-state index in [9.17, 15) is 4.79 Å². The maximum atomic E-state index is 11.1. The number of esters is 1. The zero-order chi connectivity index (χ0) is 10.6. The highest BCUT2D eigenvalue weighted by molar-refractivity contribution is 6.29. The smallest absolute Gasteiger partial charge is 0.308 e. The molecule has 0 heterocycles. The fourth-order valence-corrected chi connectivity index (χ4v) is 1.40. The Morgan fingerprint density at radius 1 is 1.50 bits per heavy atom. The van der Waals surface area contributed by atoms with Gasteiger partial charge in [0.15, 0.2) is 0 Å². The Balaban J connectivity index is 1.95. The van der Waals surface area contributed by atoms with Crippen molar-refractivity contribution in [2.24, 2.45) is 5.92 Å². The van der Waals surface area contributed by atoms with Gasteiger partial charge in [-0.3, -0.25) is 4.79 Å². The summed E-state index contributed by atoms with van der Waals surface area (Å²) in [5.74, 6) is 0.142. The van der Waals surface area contributed by atoms with E-state index in [1.165, 1.54) is 0 Å². The minimum Gasteiger partial charge on any atom is -0.465 e. The van der Waals surface area contributed by atoms with Gasteiger partial charge in [-0.2, -0.15) is 0 Å².